The van der Waals surface area contributed by atoms with Gasteiger partial charge >= 0.3 is 11.6 Å². The number of carbonyl (C=O) groups is 4. The summed E-state index contributed by atoms with van der Waals surface area (Å²) in [5.74, 6) is -0.251. The van der Waals surface area contributed by atoms with Crippen molar-refractivity contribution in [3.8, 4) is 0 Å². The lowest BCUT2D eigenvalue weighted by molar-refractivity contribution is -0.117. The predicted molar refractivity (Wildman–Crippen MR) is 229 cm³/mol. The number of hydrogen-bond acceptors (Lipinski definition) is 10. The molecule has 4 aliphatic rings. The third-order valence-corrected chi connectivity index (χ3v) is 11.7. The molecule has 0 bridgehead atoms. The Kier molecular flexibility index (Phi) is 17.7. The molecule has 59 heavy (non-hydrogen) atoms. The summed E-state index contributed by atoms with van der Waals surface area (Å²) in [6.07, 6.45) is 5.05. The molecule has 0 atom stereocenters. The second kappa shape index (κ2) is 21.5. The number of hydrogen-bond donors (Lipinski definition) is 3. The summed E-state index contributed by atoms with van der Waals surface area (Å²) < 4.78 is 26.2. The molecule has 3 N–H and O–H groups in total. The molecule has 2 amide bonds. The van der Waals surface area contributed by atoms with Gasteiger partial charge in [0.1, 0.15) is 5.76 Å². The van der Waals surface area contributed by atoms with Crippen LogP contribution in [0.5, 0.6) is 0 Å². The average molecular weight is 921 g/mol. The van der Waals surface area contributed by atoms with Crippen molar-refractivity contribution in [1.82, 2.24) is 10.6 Å². The summed E-state index contributed by atoms with van der Waals surface area (Å²) in [6.45, 7) is 12.8. The molecule has 2 spiro atoms. The topological polar surface area (TPSA) is 159 Å². The first kappa shape index (κ1) is 48.4. The molecule has 2 heterocycles. The molecule has 17 heteroatoms. The van der Waals surface area contributed by atoms with E-state index in [4.69, 9.17) is 77.0 Å². The fraction of sp³-hybridized carbons (Fsp3) is 0.524. The van der Waals surface area contributed by atoms with Gasteiger partial charge in [-0.1, -0.05) is 46.4 Å². The summed E-state index contributed by atoms with van der Waals surface area (Å²) in [5.41, 5.74) is 0.851. The number of nitrogens with one attached hydrogen (secondary N) is 2. The first-order valence-corrected chi connectivity index (χ1v) is 21.5. The molecule has 12 nitrogen and oxygen atoms in total. The Morgan fingerprint density at radius 3 is 1.51 bits per heavy atom. The molecular weight excluding hydrogens is 870 g/mol. The zero-order valence-corrected chi connectivity index (χ0v) is 37.7. The third kappa shape index (κ3) is 11.6. The maximum atomic E-state index is 13.1. The molecule has 2 aromatic rings. The maximum absolute atomic E-state index is 13.1. The van der Waals surface area contributed by atoms with Gasteiger partial charge in [-0.2, -0.15) is 0 Å². The molecule has 2 aromatic carbocycles. The van der Waals surface area contributed by atoms with Gasteiger partial charge in [0.25, 0.3) is 11.8 Å². The molecule has 6 rings (SSSR count). The minimum absolute atomic E-state index is 0.0924. The van der Waals surface area contributed by atoms with Crippen LogP contribution in [-0.4, -0.2) is 78.2 Å². The Labute approximate surface area is 370 Å². The van der Waals surface area contributed by atoms with Crippen molar-refractivity contribution in [1.29, 1.82) is 0 Å². The van der Waals surface area contributed by atoms with Gasteiger partial charge in [0.15, 0.2) is 5.76 Å². The van der Waals surface area contributed by atoms with Crippen LogP contribution in [0.25, 0.3) is 11.1 Å². The van der Waals surface area contributed by atoms with Gasteiger partial charge in [-0.3, -0.25) is 9.59 Å². The van der Waals surface area contributed by atoms with Gasteiger partial charge in [0, 0.05) is 46.0 Å². The number of ether oxygens (including phenoxy) is 5. The van der Waals surface area contributed by atoms with Crippen molar-refractivity contribution in [3.63, 3.8) is 0 Å². The van der Waals surface area contributed by atoms with E-state index in [-0.39, 0.29) is 53.3 Å². The van der Waals surface area contributed by atoms with E-state index in [9.17, 15) is 24.3 Å². The zero-order valence-electron chi connectivity index (χ0n) is 34.0. The Hall–Kier alpha value is -3.23. The van der Waals surface area contributed by atoms with Crippen LogP contribution < -0.4 is 10.6 Å². The summed E-state index contributed by atoms with van der Waals surface area (Å²) in [5, 5.41) is 18.6. The number of halogens is 5. The normalized spacial score (nSPS) is 23.6. The van der Waals surface area contributed by atoms with Crippen molar-refractivity contribution in [2.75, 3.05) is 26.4 Å². The Morgan fingerprint density at radius 1 is 0.678 bits per heavy atom. The highest BCUT2D eigenvalue weighted by Gasteiger charge is 2.51. The minimum atomic E-state index is -0.842. The third-order valence-electron chi connectivity index (χ3n) is 10.6. The van der Waals surface area contributed by atoms with E-state index in [2.05, 4.69) is 15.4 Å². The quantitative estimate of drug-likeness (QED) is 0.163. The first-order chi connectivity index (χ1) is 28.0. The highest BCUT2D eigenvalue weighted by Crippen LogP contribution is 2.47. The van der Waals surface area contributed by atoms with E-state index in [0.29, 0.717) is 76.7 Å². The Morgan fingerprint density at radius 2 is 1.10 bits per heavy atom. The molecule has 2 aliphatic heterocycles. The van der Waals surface area contributed by atoms with E-state index in [1.807, 2.05) is 27.7 Å². The fourth-order valence-corrected chi connectivity index (χ4v) is 9.53. The lowest BCUT2D eigenvalue weighted by Crippen LogP contribution is -2.49. The van der Waals surface area contributed by atoms with Crippen LogP contribution in [0, 0.1) is 13.8 Å². The van der Waals surface area contributed by atoms with Crippen LogP contribution in [-0.2, 0) is 33.3 Å². The Bertz CT molecular complexity index is 1910. The van der Waals surface area contributed by atoms with Gasteiger partial charge in [0.05, 0.1) is 57.7 Å². The number of aliphatic hydroxyl groups is 1. The number of benzene rings is 2. The van der Waals surface area contributed by atoms with Crippen LogP contribution >= 0.6 is 58.0 Å². The van der Waals surface area contributed by atoms with Gasteiger partial charge < -0.3 is 39.4 Å². The summed E-state index contributed by atoms with van der Waals surface area (Å²) in [7, 11) is 0. The lowest BCUT2D eigenvalue weighted by atomic mass is 9.79. The zero-order chi connectivity index (χ0) is 43.7. The van der Waals surface area contributed by atoms with Gasteiger partial charge in [0.2, 0.25) is 0 Å². The van der Waals surface area contributed by atoms with Gasteiger partial charge in [-0.25, -0.2) is 9.59 Å². The predicted octanol–water partition coefficient (Wildman–Crippen LogP) is 10.8. The first-order valence-electron chi connectivity index (χ1n) is 19.6. The molecule has 0 aromatic heterocycles. The van der Waals surface area contributed by atoms with E-state index in [0.717, 1.165) is 36.8 Å². The van der Waals surface area contributed by atoms with Gasteiger partial charge in [-0.15, -0.1) is 0 Å². The number of rotatable bonds is 9. The van der Waals surface area contributed by atoms with Crippen molar-refractivity contribution in [3.05, 3.63) is 78.1 Å². The molecular formula is C42H51Cl5N2O10. The molecule has 0 unspecified atom stereocenters. The van der Waals surface area contributed by atoms with E-state index in [1.165, 1.54) is 0 Å². The summed E-state index contributed by atoms with van der Waals surface area (Å²) >= 11 is 29.6. The van der Waals surface area contributed by atoms with Crippen LogP contribution in [0.2, 0.25) is 20.1 Å². The molecule has 324 valence electrons. The largest absolute Gasteiger partial charge is 0.513 e. The van der Waals surface area contributed by atoms with E-state index in [1.54, 1.807) is 38.1 Å². The standard InChI is InChI=1S/C21H25Cl2NO5.C18H21Cl2NO3.C3H5ClO2/c1-4-27-14-6-8-21(9-7-14)18(29-20(26)28-5-2)17(19(25)24-21)16-12(3)10-13(22)11-15(16)23;1-3-24-12-4-6-18(7-5-12)16(22)15(17(23)21-18)14-10(2)8-11(19)9-13(14)20;1-2-6-3(4)5/h10-11,14H,4-9H2,1-3H3,(H,24,25);8-9,12,22H,3-7H2,1-2H3,(H,21,23);2H2,1H3. The van der Waals surface area contributed by atoms with Crippen molar-refractivity contribution in [2.45, 2.75) is 116 Å². The molecule has 2 fully saturated rings. The fourth-order valence-electron chi connectivity index (χ4n) is 8.04. The average Bonchev–Trinajstić information content (AvgIpc) is 3.54. The van der Waals surface area contributed by atoms with E-state index < -0.39 is 22.7 Å². The van der Waals surface area contributed by atoms with Crippen LogP contribution in [0.4, 0.5) is 9.59 Å². The van der Waals surface area contributed by atoms with Crippen LogP contribution in [0.15, 0.2) is 35.8 Å². The lowest BCUT2D eigenvalue weighted by Gasteiger charge is -2.37. The second-order valence-electron chi connectivity index (χ2n) is 14.4. The molecule has 2 aliphatic carbocycles. The summed E-state index contributed by atoms with van der Waals surface area (Å²) in [4.78, 5) is 47.5. The van der Waals surface area contributed by atoms with Crippen molar-refractivity contribution >= 4 is 92.5 Å². The van der Waals surface area contributed by atoms with Crippen molar-refractivity contribution < 1.29 is 48.0 Å². The molecule has 0 saturated heterocycles. The van der Waals surface area contributed by atoms with Crippen LogP contribution in [0.1, 0.15) is 101 Å². The highest BCUT2D eigenvalue weighted by atomic mass is 35.5. The number of amides is 2. The maximum Gasteiger partial charge on any atom is 0.513 e. The monoisotopic (exact) mass is 918 g/mol. The summed E-state index contributed by atoms with van der Waals surface area (Å²) in [6, 6.07) is 6.63. The van der Waals surface area contributed by atoms with Gasteiger partial charge in [-0.05, 0) is 128 Å². The second-order valence-corrected chi connectivity index (χ2v) is 16.4. The smallest absolute Gasteiger partial charge is 0.509 e. The molecule has 0 radical (unpaired) electrons. The van der Waals surface area contributed by atoms with Crippen LogP contribution in [0.3, 0.4) is 0 Å². The number of carbonyl (C=O) groups excluding carboxylic acids is 4. The Balaban J connectivity index is 0.000000232. The van der Waals surface area contributed by atoms with E-state index >= 15 is 0 Å². The minimum Gasteiger partial charge on any atom is -0.509 e. The van der Waals surface area contributed by atoms with Crippen molar-refractivity contribution in [2.24, 2.45) is 0 Å². The number of aliphatic hydroxyl groups excluding tert-OH is 1. The number of aryl methyl sites for hydroxylation is 2. The SMILES string of the molecule is CCOC(=O)Cl.CCOC(=O)OC1=C(c2c(C)cc(Cl)cc2Cl)C(=O)NC12CCC(OCC)CC2.CCOC1CCC2(CC1)NC(=O)C(c1c(C)cc(Cl)cc1Cl)=C2O. The highest BCUT2D eigenvalue weighted by molar-refractivity contribution is 6.61. The molecule has 2 saturated carbocycles.